The fourth-order valence-electron chi connectivity index (χ4n) is 1.77. The molecule has 0 atom stereocenters. The van der Waals surface area contributed by atoms with Gasteiger partial charge in [-0.05, 0) is 18.9 Å². The molecule has 110 valence electrons. The molecule has 0 bridgehead atoms. The lowest BCUT2D eigenvalue weighted by Crippen LogP contribution is -2.23. The third-order valence-electron chi connectivity index (χ3n) is 2.80. The van der Waals surface area contributed by atoms with E-state index in [1.54, 1.807) is 5.38 Å². The van der Waals surface area contributed by atoms with Gasteiger partial charge in [-0.25, -0.2) is 4.98 Å². The molecular weight excluding hydrogens is 286 g/mol. The Morgan fingerprint density at radius 3 is 2.71 bits per heavy atom. The van der Waals surface area contributed by atoms with Crippen LogP contribution < -0.4 is 10.6 Å². The number of hydrogen-bond donors (Lipinski definition) is 2. The van der Waals surface area contributed by atoms with Crippen molar-refractivity contribution in [3.63, 3.8) is 0 Å². The first-order valence-electron chi connectivity index (χ1n) is 6.76. The molecule has 0 saturated heterocycles. The van der Waals surface area contributed by atoms with Gasteiger partial charge in [0, 0.05) is 18.3 Å². The van der Waals surface area contributed by atoms with E-state index in [0.29, 0.717) is 30.2 Å². The Balaban J connectivity index is 1.84. The smallest absolute Gasteiger partial charge is 0.270 e. The standard InChI is InChI=1S/C15H17N3O2S/c1-2-16-14(20)12-10-21-15(17-12)18-13(19)9-8-11-6-4-3-5-7-11/h3-7,10H,2,8-9H2,1H3,(H,16,20)(H,17,18,19). The molecule has 21 heavy (non-hydrogen) atoms. The average Bonchev–Trinajstić information content (AvgIpc) is 2.95. The summed E-state index contributed by atoms with van der Waals surface area (Å²) >= 11 is 1.25. The number of anilines is 1. The SMILES string of the molecule is CCNC(=O)c1csc(NC(=O)CCc2ccccc2)n1. The lowest BCUT2D eigenvalue weighted by molar-refractivity contribution is -0.116. The molecule has 2 aromatic rings. The van der Waals surface area contributed by atoms with Crippen LogP contribution in [0.3, 0.4) is 0 Å². The van der Waals surface area contributed by atoms with Crippen molar-refractivity contribution in [1.82, 2.24) is 10.3 Å². The summed E-state index contributed by atoms with van der Waals surface area (Å²) in [6, 6.07) is 9.83. The Morgan fingerprint density at radius 1 is 1.24 bits per heavy atom. The summed E-state index contributed by atoms with van der Waals surface area (Å²) in [5.41, 5.74) is 1.45. The van der Waals surface area contributed by atoms with Crippen LogP contribution in [0.1, 0.15) is 29.4 Å². The average molecular weight is 303 g/mol. The first kappa shape index (κ1) is 15.2. The summed E-state index contributed by atoms with van der Waals surface area (Å²) in [7, 11) is 0. The van der Waals surface area contributed by atoms with Crippen LogP contribution in [0.25, 0.3) is 0 Å². The highest BCUT2D eigenvalue weighted by Gasteiger charge is 2.11. The van der Waals surface area contributed by atoms with Gasteiger partial charge in [0.15, 0.2) is 5.13 Å². The van der Waals surface area contributed by atoms with Crippen molar-refractivity contribution in [1.29, 1.82) is 0 Å². The maximum Gasteiger partial charge on any atom is 0.270 e. The van der Waals surface area contributed by atoms with Crippen molar-refractivity contribution in [2.24, 2.45) is 0 Å². The van der Waals surface area contributed by atoms with Gasteiger partial charge in [0.25, 0.3) is 5.91 Å². The predicted molar refractivity (Wildman–Crippen MR) is 83.5 cm³/mol. The van der Waals surface area contributed by atoms with Crippen molar-refractivity contribution in [3.8, 4) is 0 Å². The minimum absolute atomic E-state index is 0.101. The van der Waals surface area contributed by atoms with E-state index in [1.807, 2.05) is 37.3 Å². The minimum Gasteiger partial charge on any atom is -0.351 e. The number of amides is 2. The quantitative estimate of drug-likeness (QED) is 0.861. The van der Waals surface area contributed by atoms with Crippen LogP contribution in [-0.2, 0) is 11.2 Å². The molecule has 1 heterocycles. The zero-order valence-electron chi connectivity index (χ0n) is 11.8. The van der Waals surface area contributed by atoms with Crippen LogP contribution in [0.15, 0.2) is 35.7 Å². The molecule has 0 fully saturated rings. The summed E-state index contributed by atoms with van der Waals surface area (Å²) in [6.07, 6.45) is 1.07. The number of aromatic nitrogens is 1. The Hall–Kier alpha value is -2.21. The van der Waals surface area contributed by atoms with Gasteiger partial charge in [-0.2, -0.15) is 0 Å². The van der Waals surface area contributed by atoms with E-state index in [9.17, 15) is 9.59 Å². The van der Waals surface area contributed by atoms with Gasteiger partial charge in [0.1, 0.15) is 5.69 Å². The van der Waals surface area contributed by atoms with Gasteiger partial charge in [-0.1, -0.05) is 30.3 Å². The Labute approximate surface area is 127 Å². The van der Waals surface area contributed by atoms with E-state index in [0.717, 1.165) is 5.56 Å². The molecule has 0 unspecified atom stereocenters. The van der Waals surface area contributed by atoms with Crippen LogP contribution in [0.2, 0.25) is 0 Å². The number of rotatable bonds is 6. The zero-order valence-corrected chi connectivity index (χ0v) is 12.6. The molecule has 6 heteroatoms. The number of carbonyl (C=O) groups excluding carboxylic acids is 2. The third kappa shape index (κ3) is 4.68. The van der Waals surface area contributed by atoms with Crippen LogP contribution in [0, 0.1) is 0 Å². The second kappa shape index (κ2) is 7.54. The molecule has 1 aromatic heterocycles. The Bertz CT molecular complexity index is 610. The number of hydrogen-bond acceptors (Lipinski definition) is 4. The topological polar surface area (TPSA) is 71.1 Å². The van der Waals surface area contributed by atoms with E-state index < -0.39 is 0 Å². The van der Waals surface area contributed by atoms with Crippen LogP contribution in [-0.4, -0.2) is 23.3 Å². The van der Waals surface area contributed by atoms with Crippen molar-refractivity contribution < 1.29 is 9.59 Å². The number of thiazole rings is 1. The van der Waals surface area contributed by atoms with E-state index in [4.69, 9.17) is 0 Å². The highest BCUT2D eigenvalue weighted by molar-refractivity contribution is 7.14. The molecule has 2 rings (SSSR count). The molecule has 2 amide bonds. The van der Waals surface area contributed by atoms with Crippen molar-refractivity contribution >= 4 is 28.3 Å². The van der Waals surface area contributed by atoms with Crippen molar-refractivity contribution in [2.45, 2.75) is 19.8 Å². The van der Waals surface area contributed by atoms with Gasteiger partial charge >= 0.3 is 0 Å². The maximum atomic E-state index is 11.8. The van der Waals surface area contributed by atoms with E-state index in [1.165, 1.54) is 11.3 Å². The van der Waals surface area contributed by atoms with Gasteiger partial charge in [0.05, 0.1) is 0 Å². The Morgan fingerprint density at radius 2 is 2.00 bits per heavy atom. The largest absolute Gasteiger partial charge is 0.351 e. The lowest BCUT2D eigenvalue weighted by atomic mass is 10.1. The number of benzene rings is 1. The van der Waals surface area contributed by atoms with E-state index in [-0.39, 0.29) is 11.8 Å². The normalized spacial score (nSPS) is 10.1. The van der Waals surface area contributed by atoms with Crippen molar-refractivity contribution in [3.05, 3.63) is 47.0 Å². The molecule has 0 aliphatic carbocycles. The molecule has 0 aliphatic heterocycles. The fourth-order valence-corrected chi connectivity index (χ4v) is 2.48. The van der Waals surface area contributed by atoms with E-state index in [2.05, 4.69) is 15.6 Å². The molecular formula is C15H17N3O2S. The summed E-state index contributed by atoms with van der Waals surface area (Å²) in [5.74, 6) is -0.325. The highest BCUT2D eigenvalue weighted by atomic mass is 32.1. The first-order valence-corrected chi connectivity index (χ1v) is 7.64. The van der Waals surface area contributed by atoms with Gasteiger partial charge < -0.3 is 10.6 Å². The molecule has 2 N–H and O–H groups in total. The molecule has 5 nitrogen and oxygen atoms in total. The second-order valence-electron chi connectivity index (χ2n) is 4.43. The van der Waals surface area contributed by atoms with Crippen LogP contribution >= 0.6 is 11.3 Å². The summed E-state index contributed by atoms with van der Waals surface area (Å²) in [5, 5.41) is 7.48. The fraction of sp³-hybridized carbons (Fsp3) is 0.267. The monoisotopic (exact) mass is 303 g/mol. The van der Waals surface area contributed by atoms with Crippen LogP contribution in [0.5, 0.6) is 0 Å². The number of aryl methyl sites for hydroxylation is 1. The summed E-state index contributed by atoms with van der Waals surface area (Å²) in [6.45, 7) is 2.39. The molecule has 0 aliphatic rings. The maximum absolute atomic E-state index is 11.8. The predicted octanol–water partition coefficient (Wildman–Crippen LogP) is 2.46. The van der Waals surface area contributed by atoms with Crippen LogP contribution in [0.4, 0.5) is 5.13 Å². The first-order chi connectivity index (χ1) is 10.2. The minimum atomic E-state index is -0.224. The number of nitrogens with zero attached hydrogens (tertiary/aromatic N) is 1. The molecule has 0 radical (unpaired) electrons. The summed E-state index contributed by atoms with van der Waals surface area (Å²) in [4.78, 5) is 27.5. The molecule has 1 aromatic carbocycles. The molecule has 0 spiro atoms. The highest BCUT2D eigenvalue weighted by Crippen LogP contribution is 2.16. The van der Waals surface area contributed by atoms with Crippen molar-refractivity contribution in [2.75, 3.05) is 11.9 Å². The number of carbonyl (C=O) groups is 2. The Kier molecular flexibility index (Phi) is 5.45. The summed E-state index contributed by atoms with van der Waals surface area (Å²) < 4.78 is 0. The zero-order chi connectivity index (χ0) is 15.1. The number of nitrogens with one attached hydrogen (secondary N) is 2. The van der Waals surface area contributed by atoms with E-state index >= 15 is 0 Å². The lowest BCUT2D eigenvalue weighted by Gasteiger charge is -2.02. The molecule has 0 saturated carbocycles. The second-order valence-corrected chi connectivity index (χ2v) is 5.29. The third-order valence-corrected chi connectivity index (χ3v) is 3.56. The van der Waals surface area contributed by atoms with Gasteiger partial charge in [0.2, 0.25) is 5.91 Å². The van der Waals surface area contributed by atoms with Gasteiger partial charge in [-0.3, -0.25) is 9.59 Å². The van der Waals surface area contributed by atoms with Gasteiger partial charge in [-0.15, -0.1) is 11.3 Å².